The number of aromatic nitrogens is 2. The van der Waals surface area contributed by atoms with E-state index < -0.39 is 5.60 Å². The summed E-state index contributed by atoms with van der Waals surface area (Å²) in [6.07, 6.45) is 7.51. The SMILES string of the molecule is CCC1CCC(O)(CNc2cc(N)nc(C3CC3)n2)CC1. The van der Waals surface area contributed by atoms with Gasteiger partial charge in [-0.2, -0.15) is 0 Å². The van der Waals surface area contributed by atoms with Crippen LogP contribution in [0.15, 0.2) is 6.07 Å². The quantitative estimate of drug-likeness (QED) is 0.776. The minimum Gasteiger partial charge on any atom is -0.388 e. The van der Waals surface area contributed by atoms with E-state index in [-0.39, 0.29) is 0 Å². The van der Waals surface area contributed by atoms with Crippen molar-refractivity contribution in [1.29, 1.82) is 0 Å². The first kappa shape index (κ1) is 14.6. The molecule has 2 fully saturated rings. The molecular weight excluding hydrogens is 264 g/mol. The highest BCUT2D eigenvalue weighted by Gasteiger charge is 2.33. The maximum atomic E-state index is 10.7. The Morgan fingerprint density at radius 1 is 1.29 bits per heavy atom. The number of nitrogens with two attached hydrogens (primary N) is 1. The van der Waals surface area contributed by atoms with Crippen LogP contribution in [0, 0.1) is 5.92 Å². The summed E-state index contributed by atoms with van der Waals surface area (Å²) in [6.45, 7) is 2.78. The molecule has 2 aliphatic rings. The van der Waals surface area contributed by atoms with Crippen LogP contribution < -0.4 is 11.1 Å². The smallest absolute Gasteiger partial charge is 0.136 e. The van der Waals surface area contributed by atoms with Gasteiger partial charge in [0.25, 0.3) is 0 Å². The molecule has 0 atom stereocenters. The molecule has 2 aliphatic carbocycles. The van der Waals surface area contributed by atoms with Crippen molar-refractivity contribution in [2.45, 2.75) is 63.4 Å². The molecule has 0 spiro atoms. The van der Waals surface area contributed by atoms with Crippen LogP contribution in [-0.4, -0.2) is 27.2 Å². The fourth-order valence-corrected chi connectivity index (χ4v) is 3.16. The van der Waals surface area contributed by atoms with Crippen LogP contribution in [0.25, 0.3) is 0 Å². The topological polar surface area (TPSA) is 84.1 Å². The lowest BCUT2D eigenvalue weighted by Gasteiger charge is -2.36. The summed E-state index contributed by atoms with van der Waals surface area (Å²) in [5.41, 5.74) is 5.24. The van der Waals surface area contributed by atoms with Crippen LogP contribution in [-0.2, 0) is 0 Å². The highest BCUT2D eigenvalue weighted by atomic mass is 16.3. The average Bonchev–Trinajstić information content (AvgIpc) is 3.30. The van der Waals surface area contributed by atoms with Crippen molar-refractivity contribution in [2.75, 3.05) is 17.6 Å². The molecule has 0 saturated heterocycles. The number of anilines is 2. The molecule has 0 bridgehead atoms. The molecule has 3 rings (SSSR count). The Kier molecular flexibility index (Phi) is 4.02. The zero-order chi connectivity index (χ0) is 14.9. The number of nitrogen functional groups attached to an aromatic ring is 1. The van der Waals surface area contributed by atoms with Gasteiger partial charge in [0.05, 0.1) is 5.60 Å². The molecule has 21 heavy (non-hydrogen) atoms. The summed E-state index contributed by atoms with van der Waals surface area (Å²) >= 11 is 0. The van der Waals surface area contributed by atoms with Crippen LogP contribution in [0.4, 0.5) is 11.6 Å². The molecule has 5 nitrogen and oxygen atoms in total. The van der Waals surface area contributed by atoms with Gasteiger partial charge in [-0.3, -0.25) is 0 Å². The van der Waals surface area contributed by atoms with Gasteiger partial charge in [0.15, 0.2) is 0 Å². The van der Waals surface area contributed by atoms with Gasteiger partial charge in [-0.05, 0) is 44.4 Å². The predicted molar refractivity (Wildman–Crippen MR) is 84.1 cm³/mol. The molecule has 0 unspecified atom stereocenters. The number of hydrogen-bond donors (Lipinski definition) is 3. The minimum absolute atomic E-state index is 0.483. The van der Waals surface area contributed by atoms with Gasteiger partial charge < -0.3 is 16.2 Å². The van der Waals surface area contributed by atoms with Crippen LogP contribution >= 0.6 is 0 Å². The van der Waals surface area contributed by atoms with E-state index in [0.717, 1.165) is 56.1 Å². The van der Waals surface area contributed by atoms with Gasteiger partial charge in [0.2, 0.25) is 0 Å². The Morgan fingerprint density at radius 2 is 2.00 bits per heavy atom. The number of rotatable bonds is 5. The van der Waals surface area contributed by atoms with E-state index in [9.17, 15) is 5.11 Å². The second-order valence-electron chi connectivity index (χ2n) is 6.74. The van der Waals surface area contributed by atoms with Crippen molar-refractivity contribution < 1.29 is 5.11 Å². The Hall–Kier alpha value is -1.36. The highest BCUT2D eigenvalue weighted by Crippen LogP contribution is 2.39. The zero-order valence-electron chi connectivity index (χ0n) is 12.8. The third-order valence-electron chi connectivity index (χ3n) is 4.92. The van der Waals surface area contributed by atoms with Crippen LogP contribution in [0.2, 0.25) is 0 Å². The molecular formula is C16H26N4O. The van der Waals surface area contributed by atoms with Crippen molar-refractivity contribution in [3.8, 4) is 0 Å². The number of nitrogens with one attached hydrogen (secondary N) is 1. The van der Waals surface area contributed by atoms with Gasteiger partial charge in [0, 0.05) is 18.5 Å². The highest BCUT2D eigenvalue weighted by molar-refractivity contribution is 5.45. The lowest BCUT2D eigenvalue weighted by Crippen LogP contribution is -2.40. The molecule has 1 aromatic heterocycles. The van der Waals surface area contributed by atoms with Crippen molar-refractivity contribution in [2.24, 2.45) is 5.92 Å². The maximum Gasteiger partial charge on any atom is 0.136 e. The first-order valence-corrected chi connectivity index (χ1v) is 8.19. The van der Waals surface area contributed by atoms with Crippen molar-refractivity contribution in [3.63, 3.8) is 0 Å². The fraction of sp³-hybridized carbons (Fsp3) is 0.750. The third-order valence-corrected chi connectivity index (χ3v) is 4.92. The van der Waals surface area contributed by atoms with Crippen LogP contribution in [0.3, 0.4) is 0 Å². The van der Waals surface area contributed by atoms with Gasteiger partial charge >= 0.3 is 0 Å². The molecule has 0 amide bonds. The summed E-state index contributed by atoms with van der Waals surface area (Å²) in [7, 11) is 0. The largest absolute Gasteiger partial charge is 0.388 e. The second kappa shape index (κ2) is 5.79. The summed E-state index contributed by atoms with van der Waals surface area (Å²) < 4.78 is 0. The Labute approximate surface area is 126 Å². The van der Waals surface area contributed by atoms with E-state index in [0.29, 0.717) is 18.3 Å². The van der Waals surface area contributed by atoms with Gasteiger partial charge in [-0.25, -0.2) is 9.97 Å². The molecule has 0 radical (unpaired) electrons. The zero-order valence-corrected chi connectivity index (χ0v) is 12.8. The van der Waals surface area contributed by atoms with Crippen LogP contribution in [0.1, 0.15) is 63.6 Å². The Bertz CT molecular complexity index is 493. The normalized spacial score (nSPS) is 29.3. The fourth-order valence-electron chi connectivity index (χ4n) is 3.16. The molecule has 1 heterocycles. The number of aliphatic hydroxyl groups is 1. The number of hydrogen-bond acceptors (Lipinski definition) is 5. The molecule has 1 aromatic rings. The summed E-state index contributed by atoms with van der Waals surface area (Å²) in [6, 6.07) is 1.76. The van der Waals surface area contributed by atoms with Gasteiger partial charge in [-0.1, -0.05) is 13.3 Å². The lowest BCUT2D eigenvalue weighted by molar-refractivity contribution is 0.00222. The van der Waals surface area contributed by atoms with Crippen LogP contribution in [0.5, 0.6) is 0 Å². The summed E-state index contributed by atoms with van der Waals surface area (Å²) in [4.78, 5) is 8.82. The second-order valence-corrected chi connectivity index (χ2v) is 6.74. The first-order valence-electron chi connectivity index (χ1n) is 8.19. The molecule has 2 saturated carbocycles. The summed E-state index contributed by atoms with van der Waals surface area (Å²) in [5.74, 6) is 3.37. The first-order chi connectivity index (χ1) is 10.1. The van der Waals surface area contributed by atoms with E-state index in [2.05, 4.69) is 22.2 Å². The average molecular weight is 290 g/mol. The van der Waals surface area contributed by atoms with Crippen molar-refractivity contribution in [3.05, 3.63) is 11.9 Å². The van der Waals surface area contributed by atoms with Crippen molar-refractivity contribution in [1.82, 2.24) is 9.97 Å². The maximum absolute atomic E-state index is 10.7. The van der Waals surface area contributed by atoms with E-state index >= 15 is 0 Å². The molecule has 5 heteroatoms. The molecule has 4 N–H and O–H groups in total. The Balaban J connectivity index is 1.59. The minimum atomic E-state index is -0.606. The van der Waals surface area contributed by atoms with Gasteiger partial charge in [0.1, 0.15) is 17.5 Å². The number of nitrogens with zero attached hydrogens (tertiary/aromatic N) is 2. The van der Waals surface area contributed by atoms with E-state index in [1.54, 1.807) is 6.07 Å². The third kappa shape index (κ3) is 3.64. The van der Waals surface area contributed by atoms with Crippen molar-refractivity contribution >= 4 is 11.6 Å². The standard InChI is InChI=1S/C16H26N4O/c1-2-11-5-7-16(21,8-6-11)10-18-14-9-13(17)19-15(20-14)12-3-4-12/h9,11-12,21H,2-8,10H2,1H3,(H3,17,18,19,20). The molecule has 0 aromatic carbocycles. The molecule has 0 aliphatic heterocycles. The van der Waals surface area contributed by atoms with E-state index in [4.69, 9.17) is 5.73 Å². The molecule has 116 valence electrons. The van der Waals surface area contributed by atoms with Gasteiger partial charge in [-0.15, -0.1) is 0 Å². The Morgan fingerprint density at radius 3 is 2.62 bits per heavy atom. The predicted octanol–water partition coefficient (Wildman–Crippen LogP) is 2.68. The summed E-state index contributed by atoms with van der Waals surface area (Å²) in [5, 5.41) is 13.9. The van der Waals surface area contributed by atoms with E-state index in [1.807, 2.05) is 0 Å². The van der Waals surface area contributed by atoms with E-state index in [1.165, 1.54) is 6.42 Å². The monoisotopic (exact) mass is 290 g/mol. The lowest BCUT2D eigenvalue weighted by atomic mass is 9.78.